The maximum atomic E-state index is 12.6. The van der Waals surface area contributed by atoms with Crippen molar-refractivity contribution in [1.82, 2.24) is 19.4 Å². The van der Waals surface area contributed by atoms with Gasteiger partial charge in [-0.1, -0.05) is 0 Å². The zero-order chi connectivity index (χ0) is 19.8. The van der Waals surface area contributed by atoms with Gasteiger partial charge >= 0.3 is 0 Å². The molecule has 1 saturated heterocycles. The van der Waals surface area contributed by atoms with Crippen LogP contribution in [0.1, 0.15) is 45.1 Å². The van der Waals surface area contributed by atoms with Crippen LogP contribution in [-0.4, -0.2) is 55.7 Å². The summed E-state index contributed by atoms with van der Waals surface area (Å²) in [7, 11) is 0. The van der Waals surface area contributed by atoms with E-state index < -0.39 is 6.10 Å². The molecule has 0 spiro atoms. The molecule has 0 radical (unpaired) electrons. The van der Waals surface area contributed by atoms with E-state index in [4.69, 9.17) is 5.73 Å². The topological polar surface area (TPSA) is 126 Å². The van der Waals surface area contributed by atoms with Gasteiger partial charge in [-0.05, 0) is 32.1 Å². The lowest BCUT2D eigenvalue weighted by Gasteiger charge is -2.31. The lowest BCUT2D eigenvalue weighted by atomic mass is 10.1. The number of nitrogens with two attached hydrogens (primary N) is 1. The predicted octanol–water partition coefficient (Wildman–Crippen LogP) is 0.882. The molecule has 2 aromatic heterocycles. The van der Waals surface area contributed by atoms with Crippen molar-refractivity contribution in [1.29, 1.82) is 0 Å². The maximum absolute atomic E-state index is 12.6. The van der Waals surface area contributed by atoms with Crippen LogP contribution in [0.2, 0.25) is 0 Å². The monoisotopic (exact) mass is 386 g/mol. The average molecular weight is 386 g/mol. The number of anilines is 2. The minimum atomic E-state index is -0.393. The summed E-state index contributed by atoms with van der Waals surface area (Å²) in [5.41, 5.74) is 6.68. The molecule has 0 aromatic carbocycles. The number of aromatic nitrogens is 3. The van der Waals surface area contributed by atoms with E-state index in [1.165, 1.54) is 6.07 Å². The molecule has 2 aliphatic rings. The van der Waals surface area contributed by atoms with Crippen LogP contribution in [0, 0.1) is 0 Å². The molecular formula is C19H26N6O3. The van der Waals surface area contributed by atoms with E-state index in [9.17, 15) is 14.7 Å². The number of aliphatic hydroxyl groups excluding tert-OH is 1. The van der Waals surface area contributed by atoms with Crippen LogP contribution < -0.4 is 16.6 Å². The molecule has 3 heterocycles. The lowest BCUT2D eigenvalue weighted by Crippen LogP contribution is -2.41. The van der Waals surface area contributed by atoms with Crippen molar-refractivity contribution in [2.24, 2.45) is 0 Å². The van der Waals surface area contributed by atoms with Crippen molar-refractivity contribution < 1.29 is 9.90 Å². The summed E-state index contributed by atoms with van der Waals surface area (Å²) in [6, 6.07) is 1.48. The Morgan fingerprint density at radius 1 is 1.29 bits per heavy atom. The molecule has 2 fully saturated rings. The Labute approximate surface area is 162 Å². The first-order chi connectivity index (χ1) is 13.4. The summed E-state index contributed by atoms with van der Waals surface area (Å²) >= 11 is 0. The maximum Gasteiger partial charge on any atom is 0.254 e. The summed E-state index contributed by atoms with van der Waals surface area (Å²) in [6.45, 7) is 3.00. The highest BCUT2D eigenvalue weighted by atomic mass is 16.3. The van der Waals surface area contributed by atoms with Crippen molar-refractivity contribution in [2.45, 2.75) is 57.2 Å². The predicted molar refractivity (Wildman–Crippen MR) is 106 cm³/mol. The Hall–Kier alpha value is -2.68. The van der Waals surface area contributed by atoms with E-state index >= 15 is 0 Å². The minimum absolute atomic E-state index is 0.0906. The molecule has 4 rings (SSSR count). The van der Waals surface area contributed by atoms with E-state index in [-0.39, 0.29) is 23.6 Å². The van der Waals surface area contributed by atoms with Crippen LogP contribution in [0.25, 0.3) is 11.0 Å². The smallest absolute Gasteiger partial charge is 0.254 e. The van der Waals surface area contributed by atoms with E-state index in [0.29, 0.717) is 48.6 Å². The number of nitrogens with zero attached hydrogens (tertiary/aromatic N) is 4. The van der Waals surface area contributed by atoms with Crippen LogP contribution in [0.5, 0.6) is 0 Å². The highest BCUT2D eigenvalue weighted by molar-refractivity contribution is 5.87. The normalized spacial score (nSPS) is 23.3. The second-order valence-corrected chi connectivity index (χ2v) is 7.78. The van der Waals surface area contributed by atoms with E-state index in [2.05, 4.69) is 15.3 Å². The standard InChI is InChI=1S/C19H26N6O3/c1-11(26)24-6-4-12(5-7-24)22-19-21-10-15-16(20)9-17(28)25(18(15)23-19)13-2-3-14(27)8-13/h9-10,12-14,27H,2-8,20H2,1H3,(H,21,22,23)/t13-,14-/m1/s1. The molecule has 0 bridgehead atoms. The molecule has 1 saturated carbocycles. The zero-order valence-electron chi connectivity index (χ0n) is 16.0. The van der Waals surface area contributed by atoms with Crippen molar-refractivity contribution in [2.75, 3.05) is 24.1 Å². The first-order valence-electron chi connectivity index (χ1n) is 9.80. The van der Waals surface area contributed by atoms with Gasteiger partial charge in [-0.25, -0.2) is 4.98 Å². The van der Waals surface area contributed by atoms with Gasteiger partial charge in [0.25, 0.3) is 5.56 Å². The van der Waals surface area contributed by atoms with Crippen molar-refractivity contribution in [3.05, 3.63) is 22.6 Å². The van der Waals surface area contributed by atoms with Crippen LogP contribution >= 0.6 is 0 Å². The fourth-order valence-electron chi connectivity index (χ4n) is 4.26. The van der Waals surface area contributed by atoms with Gasteiger partial charge in [0.1, 0.15) is 0 Å². The van der Waals surface area contributed by atoms with E-state index in [1.807, 2.05) is 4.90 Å². The van der Waals surface area contributed by atoms with Gasteiger partial charge in [-0.15, -0.1) is 0 Å². The van der Waals surface area contributed by atoms with Gasteiger partial charge in [-0.2, -0.15) is 4.98 Å². The van der Waals surface area contributed by atoms with Gasteiger partial charge in [-0.3, -0.25) is 14.2 Å². The van der Waals surface area contributed by atoms with Gasteiger partial charge in [0.15, 0.2) is 5.65 Å². The summed E-state index contributed by atoms with van der Waals surface area (Å²) in [4.78, 5) is 34.9. The highest BCUT2D eigenvalue weighted by Crippen LogP contribution is 2.32. The number of hydrogen-bond donors (Lipinski definition) is 3. The number of hydrogen-bond acceptors (Lipinski definition) is 7. The molecule has 1 aliphatic carbocycles. The Bertz CT molecular complexity index is 951. The van der Waals surface area contributed by atoms with Gasteiger partial charge in [0, 0.05) is 50.0 Å². The van der Waals surface area contributed by atoms with Crippen LogP contribution in [-0.2, 0) is 4.79 Å². The van der Waals surface area contributed by atoms with Crippen LogP contribution in [0.15, 0.2) is 17.1 Å². The molecule has 28 heavy (non-hydrogen) atoms. The van der Waals surface area contributed by atoms with Crippen molar-refractivity contribution in [3.63, 3.8) is 0 Å². The van der Waals surface area contributed by atoms with E-state index in [1.54, 1.807) is 17.7 Å². The number of likely N-dealkylation sites (tertiary alicyclic amines) is 1. The largest absolute Gasteiger partial charge is 0.398 e. The average Bonchev–Trinajstić information content (AvgIpc) is 3.08. The van der Waals surface area contributed by atoms with Crippen molar-refractivity contribution in [3.8, 4) is 0 Å². The van der Waals surface area contributed by atoms with Gasteiger partial charge in [0.2, 0.25) is 11.9 Å². The number of nitrogens with one attached hydrogen (secondary N) is 1. The van der Waals surface area contributed by atoms with Crippen molar-refractivity contribution >= 4 is 28.6 Å². The minimum Gasteiger partial charge on any atom is -0.398 e. The molecule has 1 amide bonds. The third-order valence-electron chi connectivity index (χ3n) is 5.84. The molecule has 1 aliphatic heterocycles. The third kappa shape index (κ3) is 3.54. The number of carbonyl (C=O) groups is 1. The first-order valence-corrected chi connectivity index (χ1v) is 9.80. The zero-order valence-corrected chi connectivity index (χ0v) is 16.0. The second-order valence-electron chi connectivity index (χ2n) is 7.78. The third-order valence-corrected chi connectivity index (χ3v) is 5.84. The first kappa shape index (κ1) is 18.7. The van der Waals surface area contributed by atoms with Gasteiger partial charge in [0.05, 0.1) is 11.5 Å². The lowest BCUT2D eigenvalue weighted by molar-refractivity contribution is -0.129. The number of rotatable bonds is 3. The second kappa shape index (κ2) is 7.38. The molecule has 2 aromatic rings. The highest BCUT2D eigenvalue weighted by Gasteiger charge is 2.27. The fraction of sp³-hybridized carbons (Fsp3) is 0.579. The number of fused-ring (bicyclic) bond motifs is 1. The molecular weight excluding hydrogens is 360 g/mol. The number of carbonyl (C=O) groups excluding carboxylic acids is 1. The molecule has 9 heteroatoms. The Kier molecular flexibility index (Phi) is 4.92. The quantitative estimate of drug-likeness (QED) is 0.715. The number of amides is 1. The molecule has 4 N–H and O–H groups in total. The fourth-order valence-corrected chi connectivity index (χ4v) is 4.26. The SMILES string of the molecule is CC(=O)N1CCC(Nc2ncc3c(N)cc(=O)n([C@@H]4CC[C@@H](O)C4)c3n2)CC1. The number of pyridine rings is 1. The molecule has 0 unspecified atom stereocenters. The molecule has 2 atom stereocenters. The van der Waals surface area contributed by atoms with Gasteiger partial charge < -0.3 is 21.1 Å². The Balaban J connectivity index is 1.63. The van der Waals surface area contributed by atoms with E-state index in [0.717, 1.165) is 19.3 Å². The van der Waals surface area contributed by atoms with Crippen LogP contribution in [0.4, 0.5) is 11.6 Å². The summed E-state index contributed by atoms with van der Waals surface area (Å²) in [5, 5.41) is 13.9. The summed E-state index contributed by atoms with van der Waals surface area (Å²) in [6.07, 6.45) is 4.83. The molecule has 9 nitrogen and oxygen atoms in total. The number of aliphatic hydroxyl groups is 1. The van der Waals surface area contributed by atoms with Crippen LogP contribution in [0.3, 0.4) is 0 Å². The number of nitrogen functional groups attached to an aromatic ring is 1. The summed E-state index contributed by atoms with van der Waals surface area (Å²) < 4.78 is 1.65. The number of piperidine rings is 1. The Morgan fingerprint density at radius 2 is 2.04 bits per heavy atom. The molecule has 150 valence electrons. The Morgan fingerprint density at radius 3 is 2.68 bits per heavy atom. The summed E-state index contributed by atoms with van der Waals surface area (Å²) in [5.74, 6) is 0.546.